The Morgan fingerprint density at radius 2 is 1.73 bits per heavy atom. The first-order chi connectivity index (χ1) is 11.7. The number of rotatable bonds is 6. The summed E-state index contributed by atoms with van der Waals surface area (Å²) in [5, 5.41) is 24.4. The Kier molecular flexibility index (Phi) is 6.87. The van der Waals surface area contributed by atoms with Gasteiger partial charge in [-0.3, -0.25) is 4.79 Å². The third-order valence-corrected chi connectivity index (χ3v) is 8.89. The molecule has 0 aliphatic rings. The average molecular weight is 381 g/mol. The molecule has 1 amide bonds. The molecule has 0 spiro atoms. The van der Waals surface area contributed by atoms with Crippen molar-refractivity contribution in [3.05, 3.63) is 17.7 Å². The van der Waals surface area contributed by atoms with Gasteiger partial charge in [0.15, 0.2) is 0 Å². The van der Waals surface area contributed by atoms with Gasteiger partial charge < -0.3 is 14.6 Å². The van der Waals surface area contributed by atoms with Crippen LogP contribution in [0.2, 0.25) is 18.1 Å². The van der Waals surface area contributed by atoms with Gasteiger partial charge in [0.2, 0.25) is 8.32 Å². The molecule has 0 radical (unpaired) electrons. The number of phenols is 2. The zero-order valence-corrected chi connectivity index (χ0v) is 18.1. The van der Waals surface area contributed by atoms with E-state index < -0.39 is 14.2 Å². The number of benzene rings is 1. The Hall–Kier alpha value is -2.02. The lowest BCUT2D eigenvalue weighted by Gasteiger charge is -2.36. The maximum atomic E-state index is 12.3. The largest absolute Gasteiger partial charge is 0.543 e. The number of hydrazone groups is 1. The second-order valence-electron chi connectivity index (χ2n) is 8.58. The monoisotopic (exact) mass is 380 g/mol. The summed E-state index contributed by atoms with van der Waals surface area (Å²) in [6.07, 6.45) is 0.748. The van der Waals surface area contributed by atoms with E-state index in [4.69, 9.17) is 4.43 Å². The first kappa shape index (κ1) is 22.0. The lowest BCUT2D eigenvalue weighted by molar-refractivity contribution is 0.0949. The van der Waals surface area contributed by atoms with Crippen LogP contribution < -0.4 is 9.85 Å². The van der Waals surface area contributed by atoms with Gasteiger partial charge in [-0.2, -0.15) is 5.10 Å². The van der Waals surface area contributed by atoms with E-state index in [1.54, 1.807) is 0 Å². The third kappa shape index (κ3) is 5.76. The van der Waals surface area contributed by atoms with Gasteiger partial charge in [-0.25, -0.2) is 5.43 Å². The minimum absolute atomic E-state index is 0.0308. The first-order valence-corrected chi connectivity index (χ1v) is 11.7. The molecule has 0 fully saturated rings. The Balaban J connectivity index is 3.02. The zero-order valence-electron chi connectivity index (χ0n) is 17.1. The quantitative estimate of drug-likeness (QED) is 0.381. The van der Waals surface area contributed by atoms with Crippen molar-refractivity contribution in [3.8, 4) is 17.2 Å². The molecule has 0 saturated heterocycles. The van der Waals surface area contributed by atoms with Crippen molar-refractivity contribution >= 4 is 19.9 Å². The van der Waals surface area contributed by atoms with Crippen LogP contribution >= 0.6 is 0 Å². The highest BCUT2D eigenvalue weighted by Crippen LogP contribution is 2.40. The lowest BCUT2D eigenvalue weighted by Crippen LogP contribution is -2.43. The predicted molar refractivity (Wildman–Crippen MR) is 108 cm³/mol. The number of amides is 1. The minimum atomic E-state index is -2.13. The highest BCUT2D eigenvalue weighted by Gasteiger charge is 2.39. The van der Waals surface area contributed by atoms with Gasteiger partial charge in [0.25, 0.3) is 5.91 Å². The first-order valence-electron chi connectivity index (χ1n) is 8.83. The van der Waals surface area contributed by atoms with E-state index in [0.29, 0.717) is 11.7 Å². The minimum Gasteiger partial charge on any atom is -0.543 e. The molecule has 7 heteroatoms. The zero-order chi connectivity index (χ0) is 20.3. The molecule has 0 bridgehead atoms. The average Bonchev–Trinajstić information content (AvgIpc) is 2.41. The molecule has 6 nitrogen and oxygen atoms in total. The smallest absolute Gasteiger partial charge is 0.278 e. The van der Waals surface area contributed by atoms with Crippen LogP contribution in [0.25, 0.3) is 0 Å². The summed E-state index contributed by atoms with van der Waals surface area (Å²) < 4.78 is 6.06. The molecular formula is C19H32N2O4Si. The molecule has 0 unspecified atom stereocenters. The number of hydrogen-bond acceptors (Lipinski definition) is 5. The van der Waals surface area contributed by atoms with Crippen molar-refractivity contribution in [2.24, 2.45) is 11.0 Å². The molecular weight excluding hydrogens is 348 g/mol. The molecule has 0 saturated carbocycles. The van der Waals surface area contributed by atoms with Crippen LogP contribution in [0.3, 0.4) is 0 Å². The van der Waals surface area contributed by atoms with Crippen molar-refractivity contribution in [2.45, 2.75) is 66.1 Å². The van der Waals surface area contributed by atoms with Crippen molar-refractivity contribution in [2.75, 3.05) is 0 Å². The summed E-state index contributed by atoms with van der Waals surface area (Å²) in [5.41, 5.74) is 2.93. The van der Waals surface area contributed by atoms with Crippen LogP contribution in [0.5, 0.6) is 17.2 Å². The number of nitrogens with one attached hydrogen (secondary N) is 1. The van der Waals surface area contributed by atoms with Gasteiger partial charge in [-0.05, 0) is 37.4 Å². The topological polar surface area (TPSA) is 91.2 Å². The molecule has 0 atom stereocenters. The van der Waals surface area contributed by atoms with Gasteiger partial charge in [0, 0.05) is 17.8 Å². The van der Waals surface area contributed by atoms with Gasteiger partial charge in [-0.15, -0.1) is 0 Å². The normalized spacial score (nSPS) is 13.0. The number of nitrogens with zero attached hydrogens (tertiary/aromatic N) is 1. The summed E-state index contributed by atoms with van der Waals surface area (Å²) >= 11 is 0. The molecule has 1 aromatic carbocycles. The van der Waals surface area contributed by atoms with Crippen molar-refractivity contribution in [1.29, 1.82) is 0 Å². The summed E-state index contributed by atoms with van der Waals surface area (Å²) in [7, 11) is -2.13. The van der Waals surface area contributed by atoms with Crippen LogP contribution in [0.1, 0.15) is 58.3 Å². The molecule has 1 rings (SSSR count). The second kappa shape index (κ2) is 8.12. The maximum Gasteiger partial charge on any atom is 0.278 e. The molecule has 0 heterocycles. The van der Waals surface area contributed by atoms with E-state index in [2.05, 4.69) is 58.2 Å². The Labute approximate surface area is 157 Å². The molecule has 1 aromatic rings. The van der Waals surface area contributed by atoms with Crippen molar-refractivity contribution in [1.82, 2.24) is 5.43 Å². The summed E-state index contributed by atoms with van der Waals surface area (Å²) in [4.78, 5) is 12.3. The number of carbonyl (C=O) groups is 1. The maximum absolute atomic E-state index is 12.3. The standard InChI is InChI=1S/C19H32N2O4Si/c1-12(2)9-13(3)20-21-18(24)17-15(22)10-14(11-16(17)23)25-26(7,8)19(4,5)6/h10-12,22-23H,9H2,1-8H3,(H,21,24). The summed E-state index contributed by atoms with van der Waals surface area (Å²) in [6.45, 7) is 16.3. The number of aromatic hydroxyl groups is 2. The van der Waals surface area contributed by atoms with E-state index in [1.807, 2.05) is 6.92 Å². The highest BCUT2D eigenvalue weighted by atomic mass is 28.4. The van der Waals surface area contributed by atoms with Gasteiger partial charge in [0.05, 0.1) is 0 Å². The fourth-order valence-electron chi connectivity index (χ4n) is 2.16. The van der Waals surface area contributed by atoms with E-state index in [9.17, 15) is 15.0 Å². The van der Waals surface area contributed by atoms with Crippen LogP contribution in [0.15, 0.2) is 17.2 Å². The lowest BCUT2D eigenvalue weighted by atomic mass is 10.1. The SMILES string of the molecule is CC(CC(C)C)=NNC(=O)c1c(O)cc(O[Si](C)(C)C(C)(C)C)cc1O. The number of carbonyl (C=O) groups excluding carboxylic acids is 1. The van der Waals surface area contributed by atoms with E-state index >= 15 is 0 Å². The van der Waals surface area contributed by atoms with Gasteiger partial charge in [-0.1, -0.05) is 34.6 Å². The number of phenolic OH excluding ortho intramolecular Hbond substituents is 2. The van der Waals surface area contributed by atoms with Gasteiger partial charge >= 0.3 is 0 Å². The molecule has 146 valence electrons. The summed E-state index contributed by atoms with van der Waals surface area (Å²) in [5.74, 6) is -0.574. The fraction of sp³-hybridized carbons (Fsp3) is 0.579. The fourth-order valence-corrected chi connectivity index (χ4v) is 3.18. The van der Waals surface area contributed by atoms with Crippen LogP contribution in [0.4, 0.5) is 0 Å². The molecule has 26 heavy (non-hydrogen) atoms. The Morgan fingerprint density at radius 3 is 2.15 bits per heavy atom. The third-order valence-electron chi connectivity index (χ3n) is 4.53. The van der Waals surface area contributed by atoms with Crippen LogP contribution in [0, 0.1) is 5.92 Å². The van der Waals surface area contributed by atoms with Crippen molar-refractivity contribution in [3.63, 3.8) is 0 Å². The number of hydrogen-bond donors (Lipinski definition) is 3. The van der Waals surface area contributed by atoms with Gasteiger partial charge in [0.1, 0.15) is 22.8 Å². The Morgan fingerprint density at radius 1 is 1.23 bits per heavy atom. The molecule has 3 N–H and O–H groups in total. The second-order valence-corrected chi connectivity index (χ2v) is 13.3. The predicted octanol–water partition coefficient (Wildman–Crippen LogP) is 4.63. The van der Waals surface area contributed by atoms with E-state index in [0.717, 1.165) is 12.1 Å². The highest BCUT2D eigenvalue weighted by molar-refractivity contribution is 6.74. The van der Waals surface area contributed by atoms with E-state index in [1.165, 1.54) is 12.1 Å². The van der Waals surface area contributed by atoms with Crippen LogP contribution in [-0.4, -0.2) is 30.1 Å². The molecule has 0 aliphatic carbocycles. The van der Waals surface area contributed by atoms with Crippen LogP contribution in [-0.2, 0) is 0 Å². The molecule has 0 aliphatic heterocycles. The Bertz CT molecular complexity index is 668. The molecule has 0 aromatic heterocycles. The van der Waals surface area contributed by atoms with Crippen molar-refractivity contribution < 1.29 is 19.4 Å². The summed E-state index contributed by atoms with van der Waals surface area (Å²) in [6, 6.07) is 2.72. The van der Waals surface area contributed by atoms with E-state index in [-0.39, 0.29) is 22.1 Å².